The fraction of sp³-hybridized carbons (Fsp3) is 0.500. The van der Waals surface area contributed by atoms with E-state index in [0.29, 0.717) is 6.04 Å². The van der Waals surface area contributed by atoms with Gasteiger partial charge in [0.15, 0.2) is 0 Å². The Morgan fingerprint density at radius 2 is 2.25 bits per heavy atom. The highest BCUT2D eigenvalue weighted by Crippen LogP contribution is 1.66. The largest absolute Gasteiger partial charge is 0.315 e. The van der Waals surface area contributed by atoms with Gasteiger partial charge in [0.25, 0.3) is 9.85 Å². The van der Waals surface area contributed by atoms with Crippen molar-refractivity contribution in [3.63, 3.8) is 0 Å². The van der Waals surface area contributed by atoms with E-state index in [9.17, 15) is 4.11 Å². The molecule has 0 nitrogen and oxygen atoms in total. The van der Waals surface area contributed by atoms with E-state index in [1.54, 1.807) is 0 Å². The molecule has 0 heterocycles. The summed E-state index contributed by atoms with van der Waals surface area (Å²) in [5.41, 5.74) is 0. The van der Waals surface area contributed by atoms with E-state index >= 15 is 0 Å². The summed E-state index contributed by atoms with van der Waals surface area (Å²) in [6, 6.07) is 0.431. The van der Waals surface area contributed by atoms with E-state index in [4.69, 9.17) is 0 Å². The van der Waals surface area contributed by atoms with E-state index in [0.717, 1.165) is 0 Å². The Hall–Kier alpha value is 0.147. The third-order valence-corrected chi connectivity index (χ3v) is 0.283. The molecular weight excluding hydrogens is 71.1 g/mol. The predicted molar refractivity (Wildman–Crippen MR) is 17.0 cm³/mol. The average Bonchev–Trinajstić information content (AvgIpc) is 1.37. The molecule has 0 atom stereocenters. The average molecular weight is 75.1 g/mol. The molecule has 0 spiro atoms. The van der Waals surface area contributed by atoms with Gasteiger partial charge in [-0.1, -0.05) is 6.92 Å². The summed E-state index contributed by atoms with van der Waals surface area (Å²) in [7, 11) is -0.471. The van der Waals surface area contributed by atoms with Crippen LogP contribution < -0.4 is 0 Å². The zero-order valence-electron chi connectivity index (χ0n) is 2.29. The Kier molecular flexibility index (Phi) is 3.26. The molecule has 0 N–H and O–H groups in total. The summed E-state index contributed by atoms with van der Waals surface area (Å²) >= 11 is 0. The molecule has 4 heavy (non-hydrogen) atoms. The molecule has 0 rings (SSSR count). The monoisotopic (exact) mass is 75.0 g/mol. The van der Waals surface area contributed by atoms with Crippen LogP contribution in [0.3, 0.4) is 0 Å². The molecule has 0 unspecified atom stereocenters. The lowest BCUT2D eigenvalue weighted by atomic mass is 11.0. The molecule has 0 saturated heterocycles. The summed E-state index contributed by atoms with van der Waals surface area (Å²) < 4.78 is 10.7. The first-order valence-corrected chi connectivity index (χ1v) is 2.13. The van der Waals surface area contributed by atoms with Crippen LogP contribution >= 0.6 is 0 Å². The molecule has 0 aliphatic rings. The first-order chi connectivity index (χ1) is 1.91. The number of hydrogen-bond donors (Lipinski definition) is 0. The van der Waals surface area contributed by atoms with Crippen LogP contribution in [-0.4, -0.2) is 9.85 Å². The maximum Gasteiger partial charge on any atom is 0.294 e. The molecule has 0 aliphatic heterocycles. The Morgan fingerprint density at radius 1 is 2.00 bits per heavy atom. The molecule has 0 fully saturated rings. The molecule has 3 radical (unpaired) electrons. The van der Waals surface area contributed by atoms with Crippen molar-refractivity contribution in [2.75, 3.05) is 0 Å². The van der Waals surface area contributed by atoms with Crippen LogP contribution in [0.15, 0.2) is 0 Å². The Morgan fingerprint density at radius 3 is 2.25 bits per heavy atom. The Balaban J connectivity index is 1.97. The van der Waals surface area contributed by atoms with Crippen LogP contribution in [0.5, 0.6) is 0 Å². The van der Waals surface area contributed by atoms with Gasteiger partial charge in [0, 0.05) is 0 Å². The van der Waals surface area contributed by atoms with Gasteiger partial charge in [0.1, 0.15) is 0 Å². The van der Waals surface area contributed by atoms with E-state index in [1.165, 1.54) is 0 Å². The Bertz CT molecular complexity index is 8.00. The van der Waals surface area contributed by atoms with Gasteiger partial charge in [-0.25, -0.2) is 0 Å². The van der Waals surface area contributed by atoms with Crippen molar-refractivity contribution in [3.05, 3.63) is 6.92 Å². The smallest absolute Gasteiger partial charge is 0.294 e. The molecule has 0 aliphatic carbocycles. The topological polar surface area (TPSA) is 0 Å². The van der Waals surface area contributed by atoms with Crippen molar-refractivity contribution in [3.8, 4) is 0 Å². The molecule has 0 aromatic heterocycles. The minimum atomic E-state index is -0.471. The maximum atomic E-state index is 10.7. The number of hydrogen-bond acceptors (Lipinski definition) is 0. The third-order valence-electron chi connectivity index (χ3n) is 0.0945. The highest BCUT2D eigenvalue weighted by molar-refractivity contribution is 6.26. The van der Waals surface area contributed by atoms with E-state index in [-0.39, 0.29) is 0 Å². The predicted octanol–water partition coefficient (Wildman–Crippen LogP) is 0.827. The summed E-state index contributed by atoms with van der Waals surface area (Å²) in [5, 5.41) is 0. The number of rotatable bonds is 1. The molecule has 0 bridgehead atoms. The highest BCUT2D eigenvalue weighted by atomic mass is 28.3. The summed E-state index contributed by atoms with van der Waals surface area (Å²) in [5.74, 6) is 0. The second-order valence-electron chi connectivity index (χ2n) is 0.384. The quantitative estimate of drug-likeness (QED) is 0.320. The first-order valence-electron chi connectivity index (χ1n) is 1.04. The van der Waals surface area contributed by atoms with Crippen molar-refractivity contribution >= 4 is 9.85 Å². The summed E-state index contributed by atoms with van der Waals surface area (Å²) in [4.78, 5) is 0. The first kappa shape index (κ1) is 4.15. The van der Waals surface area contributed by atoms with E-state index < -0.39 is 9.85 Å². The van der Waals surface area contributed by atoms with Gasteiger partial charge < -0.3 is 4.11 Å². The van der Waals surface area contributed by atoms with E-state index in [1.807, 2.05) is 0 Å². The SMILES string of the molecule is [CH2]C[Si]F. The van der Waals surface area contributed by atoms with Crippen molar-refractivity contribution in [2.45, 2.75) is 6.04 Å². The van der Waals surface area contributed by atoms with Gasteiger partial charge in [-0.2, -0.15) is 0 Å². The molecule has 0 aromatic rings. The Labute approximate surface area is 28.0 Å². The van der Waals surface area contributed by atoms with Crippen molar-refractivity contribution < 1.29 is 4.11 Å². The van der Waals surface area contributed by atoms with Gasteiger partial charge in [-0.15, -0.1) is 0 Å². The van der Waals surface area contributed by atoms with Crippen LogP contribution in [-0.2, 0) is 0 Å². The summed E-state index contributed by atoms with van der Waals surface area (Å²) in [6.45, 7) is 3.24. The van der Waals surface area contributed by atoms with Crippen molar-refractivity contribution in [2.24, 2.45) is 0 Å². The summed E-state index contributed by atoms with van der Waals surface area (Å²) in [6.07, 6.45) is 0. The molecule has 0 saturated carbocycles. The normalized spacial score (nSPS) is 7.50. The fourth-order valence-corrected chi connectivity index (χ4v) is 0. The molecule has 23 valence electrons. The van der Waals surface area contributed by atoms with Crippen LogP contribution in [0.1, 0.15) is 0 Å². The minimum absolute atomic E-state index is 0.431. The zero-order valence-corrected chi connectivity index (χ0v) is 3.29. The highest BCUT2D eigenvalue weighted by Gasteiger charge is 1.68. The van der Waals surface area contributed by atoms with Crippen LogP contribution in [0.25, 0.3) is 0 Å². The second-order valence-corrected chi connectivity index (χ2v) is 1.15. The molecule has 0 aromatic carbocycles. The van der Waals surface area contributed by atoms with Gasteiger partial charge in [0.2, 0.25) is 0 Å². The lowest BCUT2D eigenvalue weighted by molar-refractivity contribution is 0.869. The minimum Gasteiger partial charge on any atom is -0.315 e. The second kappa shape index (κ2) is 3.15. The standard InChI is InChI=1S/C2H4FSi/c1-2-4-3/h1-2H2. The maximum absolute atomic E-state index is 10.7. The fourth-order valence-electron chi connectivity index (χ4n) is 0. The lowest BCUT2D eigenvalue weighted by Crippen LogP contribution is -1.64. The van der Waals surface area contributed by atoms with Crippen molar-refractivity contribution in [1.29, 1.82) is 0 Å². The van der Waals surface area contributed by atoms with Crippen molar-refractivity contribution in [1.82, 2.24) is 0 Å². The lowest BCUT2D eigenvalue weighted by Gasteiger charge is -1.59. The van der Waals surface area contributed by atoms with Gasteiger partial charge in [-0.3, -0.25) is 0 Å². The van der Waals surface area contributed by atoms with Gasteiger partial charge in [0.05, 0.1) is 0 Å². The molecule has 2 heteroatoms. The zero-order chi connectivity index (χ0) is 3.41. The molecule has 0 amide bonds. The van der Waals surface area contributed by atoms with Crippen LogP contribution in [0.4, 0.5) is 4.11 Å². The van der Waals surface area contributed by atoms with Crippen LogP contribution in [0, 0.1) is 6.92 Å². The van der Waals surface area contributed by atoms with Gasteiger partial charge >= 0.3 is 0 Å². The van der Waals surface area contributed by atoms with Crippen LogP contribution in [0.2, 0.25) is 6.04 Å². The van der Waals surface area contributed by atoms with Gasteiger partial charge in [-0.05, 0) is 6.04 Å². The number of halogens is 1. The third kappa shape index (κ3) is 2.15. The van der Waals surface area contributed by atoms with E-state index in [2.05, 4.69) is 6.92 Å². The molecular formula is C2H4FSi.